The van der Waals surface area contributed by atoms with E-state index in [0.29, 0.717) is 16.3 Å². The van der Waals surface area contributed by atoms with Crippen molar-refractivity contribution in [3.8, 4) is 0 Å². The summed E-state index contributed by atoms with van der Waals surface area (Å²) in [7, 11) is -4.27. The van der Waals surface area contributed by atoms with Crippen molar-refractivity contribution in [2.45, 2.75) is 31.7 Å². The zero-order valence-corrected chi connectivity index (χ0v) is 17.3. The van der Waals surface area contributed by atoms with Crippen LogP contribution in [0.25, 0.3) is 10.4 Å². The Balaban J connectivity index is 1.71. The molecule has 1 aromatic heterocycles. The summed E-state index contributed by atoms with van der Waals surface area (Å²) in [6.45, 7) is 1.14. The second-order valence-electron chi connectivity index (χ2n) is 6.55. The fraction of sp³-hybridized carbons (Fsp3) is 0.375. The van der Waals surface area contributed by atoms with Crippen molar-refractivity contribution in [3.63, 3.8) is 0 Å². The third-order valence-electron chi connectivity index (χ3n) is 4.39. The monoisotopic (exact) mass is 456 g/mol. The predicted octanol–water partition coefficient (Wildman–Crippen LogP) is 2.69. The molecule has 2 aromatic rings. The van der Waals surface area contributed by atoms with Gasteiger partial charge in [0.1, 0.15) is 6.23 Å². The number of halogens is 1. The Morgan fingerprint density at radius 2 is 2.17 bits per heavy atom. The molecule has 1 aliphatic heterocycles. The molecular weight excluding hydrogens is 439 g/mol. The summed E-state index contributed by atoms with van der Waals surface area (Å²) in [5.41, 5.74) is 8.21. The first-order valence-electron chi connectivity index (χ1n) is 8.71. The lowest BCUT2D eigenvalue weighted by atomic mass is 10.1. The van der Waals surface area contributed by atoms with Crippen molar-refractivity contribution in [2.75, 3.05) is 11.7 Å². The smallest absolute Gasteiger partial charge is 0.352 e. The number of benzene rings is 1. The Labute approximate surface area is 174 Å². The maximum atomic E-state index is 12.3. The number of aromatic nitrogens is 2. The second kappa shape index (κ2) is 9.05. The van der Waals surface area contributed by atoms with Gasteiger partial charge < -0.3 is 9.63 Å². The van der Waals surface area contributed by atoms with Crippen LogP contribution in [0.1, 0.15) is 18.2 Å². The highest BCUT2D eigenvalue weighted by Gasteiger charge is 2.38. The van der Waals surface area contributed by atoms with Gasteiger partial charge in [0.2, 0.25) is 0 Å². The van der Waals surface area contributed by atoms with Crippen LogP contribution in [0.15, 0.2) is 45.2 Å². The van der Waals surface area contributed by atoms with Gasteiger partial charge in [-0.05, 0) is 36.7 Å². The normalized spacial score (nSPS) is 22.8. The van der Waals surface area contributed by atoms with Gasteiger partial charge in [-0.3, -0.25) is 24.0 Å². The number of aryl methyl sites for hydroxylation is 1. The molecule has 0 aliphatic carbocycles. The van der Waals surface area contributed by atoms with Crippen LogP contribution >= 0.6 is 19.3 Å². The largest absolute Gasteiger partial charge is 0.430 e. The maximum absolute atomic E-state index is 12.3. The van der Waals surface area contributed by atoms with Gasteiger partial charge in [0.15, 0.2) is 0 Å². The molecule has 30 heavy (non-hydrogen) atoms. The van der Waals surface area contributed by atoms with E-state index in [1.165, 1.54) is 42.0 Å². The molecule has 12 nitrogen and oxygen atoms in total. The molecular formula is C16H18ClN6O6P. The second-order valence-corrected chi connectivity index (χ2v) is 8.51. The van der Waals surface area contributed by atoms with E-state index in [0.717, 1.165) is 0 Å². The predicted molar refractivity (Wildman–Crippen MR) is 108 cm³/mol. The SMILES string of the molecule is Cc1cn([C@H]2C[C@H](N=[N+]=[N-])[C@@H](COP(=O)(O)Nc3ccc(Cl)cc3)O2)c(=O)[nH]c1=O. The standard InChI is InChI=1S/C16H18ClN6O6P/c1-9-7-23(16(25)19-15(9)24)14-6-12(20-22-18)13(29-14)8-28-30(26,27)21-11-4-2-10(17)3-5-11/h2-5,7,12-14H,6,8H2,1H3,(H,19,24,25)(H2,21,26,27)/t12-,13+,14+/m0/s1. The van der Waals surface area contributed by atoms with Crippen LogP contribution in [0, 0.1) is 6.92 Å². The number of nitrogens with zero attached hydrogens (tertiary/aromatic N) is 4. The van der Waals surface area contributed by atoms with E-state index < -0.39 is 37.4 Å². The summed E-state index contributed by atoms with van der Waals surface area (Å²) in [4.78, 5) is 38.6. The highest BCUT2D eigenvalue weighted by molar-refractivity contribution is 7.54. The molecule has 0 spiro atoms. The molecule has 1 saturated heterocycles. The molecule has 3 N–H and O–H groups in total. The van der Waals surface area contributed by atoms with Crippen molar-refractivity contribution in [2.24, 2.45) is 5.11 Å². The van der Waals surface area contributed by atoms with E-state index in [1.54, 1.807) is 0 Å². The highest BCUT2D eigenvalue weighted by Crippen LogP contribution is 2.43. The lowest BCUT2D eigenvalue weighted by Gasteiger charge is -2.19. The van der Waals surface area contributed by atoms with Gasteiger partial charge >= 0.3 is 13.4 Å². The molecule has 1 aromatic carbocycles. The minimum atomic E-state index is -4.27. The first-order chi connectivity index (χ1) is 14.2. The number of azide groups is 1. The Morgan fingerprint density at radius 3 is 2.83 bits per heavy atom. The lowest BCUT2D eigenvalue weighted by molar-refractivity contribution is -0.0237. The number of nitrogens with one attached hydrogen (secondary N) is 2. The zero-order valence-electron chi connectivity index (χ0n) is 15.6. The summed E-state index contributed by atoms with van der Waals surface area (Å²) in [5, 5.41) is 6.45. The lowest BCUT2D eigenvalue weighted by Crippen LogP contribution is -2.33. The van der Waals surface area contributed by atoms with Crippen LogP contribution in [0.2, 0.25) is 5.02 Å². The van der Waals surface area contributed by atoms with Gasteiger partial charge in [-0.25, -0.2) is 9.36 Å². The summed E-state index contributed by atoms with van der Waals surface area (Å²) < 4.78 is 24.3. The summed E-state index contributed by atoms with van der Waals surface area (Å²) in [6.07, 6.45) is -0.289. The van der Waals surface area contributed by atoms with Gasteiger partial charge in [-0.1, -0.05) is 16.7 Å². The number of anilines is 1. The molecule has 1 fully saturated rings. The molecule has 1 aliphatic rings. The third-order valence-corrected chi connectivity index (χ3v) is 5.68. The highest BCUT2D eigenvalue weighted by atomic mass is 35.5. The number of H-pyrrole nitrogens is 1. The van der Waals surface area contributed by atoms with Crippen molar-refractivity contribution in [1.29, 1.82) is 0 Å². The van der Waals surface area contributed by atoms with Crippen LogP contribution in [-0.2, 0) is 13.8 Å². The topological polar surface area (TPSA) is 171 Å². The molecule has 0 radical (unpaired) electrons. The van der Waals surface area contributed by atoms with E-state index >= 15 is 0 Å². The number of hydrogen-bond acceptors (Lipinski definition) is 6. The Bertz CT molecular complexity index is 1130. The van der Waals surface area contributed by atoms with Crippen LogP contribution in [0.4, 0.5) is 5.69 Å². The van der Waals surface area contributed by atoms with E-state index in [9.17, 15) is 19.0 Å². The van der Waals surface area contributed by atoms with E-state index in [4.69, 9.17) is 26.4 Å². The quantitative estimate of drug-likeness (QED) is 0.248. The van der Waals surface area contributed by atoms with Crippen LogP contribution in [0.5, 0.6) is 0 Å². The molecule has 0 bridgehead atoms. The minimum absolute atomic E-state index is 0.115. The molecule has 3 rings (SSSR count). The Kier molecular flexibility index (Phi) is 6.67. The van der Waals surface area contributed by atoms with E-state index in [-0.39, 0.29) is 13.0 Å². The maximum Gasteiger partial charge on any atom is 0.430 e. The van der Waals surface area contributed by atoms with Crippen LogP contribution in [-0.4, -0.2) is 33.2 Å². The Morgan fingerprint density at radius 1 is 1.47 bits per heavy atom. The minimum Gasteiger partial charge on any atom is -0.352 e. The van der Waals surface area contributed by atoms with Crippen molar-refractivity contribution >= 4 is 25.0 Å². The molecule has 2 heterocycles. The van der Waals surface area contributed by atoms with Gasteiger partial charge in [0.25, 0.3) is 5.56 Å². The molecule has 0 amide bonds. The average Bonchev–Trinajstić information content (AvgIpc) is 3.08. The van der Waals surface area contributed by atoms with Crippen molar-refractivity contribution < 1.29 is 18.7 Å². The number of ether oxygens (including phenoxy) is 1. The van der Waals surface area contributed by atoms with E-state index in [2.05, 4.69) is 20.1 Å². The zero-order chi connectivity index (χ0) is 21.9. The Hall–Kier alpha value is -2.59. The van der Waals surface area contributed by atoms with Gasteiger partial charge in [-0.15, -0.1) is 0 Å². The summed E-state index contributed by atoms with van der Waals surface area (Å²) in [6, 6.07) is 5.33. The van der Waals surface area contributed by atoms with Gasteiger partial charge in [0.05, 0.1) is 18.8 Å². The van der Waals surface area contributed by atoms with Crippen molar-refractivity contribution in [3.05, 3.63) is 72.3 Å². The molecule has 14 heteroatoms. The van der Waals surface area contributed by atoms with Gasteiger partial charge in [0, 0.05) is 33.8 Å². The first-order valence-corrected chi connectivity index (χ1v) is 10.7. The number of aromatic amines is 1. The number of hydrogen-bond donors (Lipinski definition) is 3. The van der Waals surface area contributed by atoms with Crippen molar-refractivity contribution in [1.82, 2.24) is 9.55 Å². The van der Waals surface area contributed by atoms with Crippen LogP contribution in [0.3, 0.4) is 0 Å². The summed E-state index contributed by atoms with van der Waals surface area (Å²) in [5.74, 6) is 0. The summed E-state index contributed by atoms with van der Waals surface area (Å²) >= 11 is 5.78. The van der Waals surface area contributed by atoms with E-state index in [1.807, 2.05) is 0 Å². The molecule has 1 unspecified atom stereocenters. The fourth-order valence-electron chi connectivity index (χ4n) is 2.92. The fourth-order valence-corrected chi connectivity index (χ4v) is 3.93. The molecule has 160 valence electrons. The first kappa shape index (κ1) is 22.1. The van der Waals surface area contributed by atoms with Crippen LogP contribution < -0.4 is 16.3 Å². The molecule has 0 saturated carbocycles. The molecule has 4 atom stereocenters. The third kappa shape index (κ3) is 5.31. The number of rotatable bonds is 7. The van der Waals surface area contributed by atoms with Gasteiger partial charge in [-0.2, -0.15) is 0 Å². The average molecular weight is 457 g/mol.